The minimum absolute atomic E-state index is 0.118. The molecular formula is C15H15N3O2S. The first-order valence-electron chi connectivity index (χ1n) is 6.24. The molecular weight excluding hydrogens is 286 g/mol. The van der Waals surface area contributed by atoms with Gasteiger partial charge >= 0.3 is 0 Å². The third kappa shape index (κ3) is 2.98. The molecule has 5 nitrogen and oxygen atoms in total. The summed E-state index contributed by atoms with van der Waals surface area (Å²) >= 11 is 0. The number of para-hydroxylation sites is 1. The SMILES string of the molecule is Cc1cc(N)cc(S(=O)(=O)Nc2ccccc2C#N)c1C. The Balaban J connectivity index is 2.52. The molecule has 0 saturated carbocycles. The molecule has 0 aliphatic carbocycles. The van der Waals surface area contributed by atoms with Gasteiger partial charge in [0.15, 0.2) is 0 Å². The smallest absolute Gasteiger partial charge is 0.262 e. The van der Waals surface area contributed by atoms with E-state index < -0.39 is 10.0 Å². The van der Waals surface area contributed by atoms with E-state index in [2.05, 4.69) is 4.72 Å². The number of hydrogen-bond donors (Lipinski definition) is 2. The van der Waals surface area contributed by atoms with E-state index in [-0.39, 0.29) is 16.1 Å². The van der Waals surface area contributed by atoms with Gasteiger partial charge in [0.2, 0.25) is 0 Å². The molecule has 0 heterocycles. The van der Waals surface area contributed by atoms with Crippen LogP contribution < -0.4 is 10.5 Å². The molecule has 0 amide bonds. The lowest BCUT2D eigenvalue weighted by Gasteiger charge is -2.13. The van der Waals surface area contributed by atoms with Crippen molar-refractivity contribution in [3.63, 3.8) is 0 Å². The van der Waals surface area contributed by atoms with Crippen LogP contribution in [-0.2, 0) is 10.0 Å². The zero-order chi connectivity index (χ0) is 15.6. The number of rotatable bonds is 3. The summed E-state index contributed by atoms with van der Waals surface area (Å²) in [5, 5.41) is 9.02. The van der Waals surface area contributed by atoms with Crippen molar-refractivity contribution in [3.05, 3.63) is 53.1 Å². The molecule has 0 saturated heterocycles. The lowest BCUT2D eigenvalue weighted by Crippen LogP contribution is -2.16. The zero-order valence-electron chi connectivity index (χ0n) is 11.7. The second-order valence-corrected chi connectivity index (χ2v) is 6.37. The molecule has 0 spiro atoms. The van der Waals surface area contributed by atoms with Crippen LogP contribution in [0.2, 0.25) is 0 Å². The van der Waals surface area contributed by atoms with Gasteiger partial charge in [0, 0.05) is 5.69 Å². The van der Waals surface area contributed by atoms with Crippen molar-refractivity contribution in [1.29, 1.82) is 5.26 Å². The molecule has 2 aromatic carbocycles. The summed E-state index contributed by atoms with van der Waals surface area (Å²) in [5.74, 6) is 0. The number of nitrogens with one attached hydrogen (secondary N) is 1. The Kier molecular flexibility index (Phi) is 3.87. The van der Waals surface area contributed by atoms with E-state index in [0.717, 1.165) is 5.56 Å². The maximum absolute atomic E-state index is 12.5. The zero-order valence-corrected chi connectivity index (χ0v) is 12.5. The average molecular weight is 301 g/mol. The molecule has 6 heteroatoms. The van der Waals surface area contributed by atoms with E-state index in [1.807, 2.05) is 6.07 Å². The summed E-state index contributed by atoms with van der Waals surface area (Å²) < 4.78 is 27.5. The van der Waals surface area contributed by atoms with Gasteiger partial charge < -0.3 is 5.73 Å². The van der Waals surface area contributed by atoms with Crippen LogP contribution in [0.25, 0.3) is 0 Å². The number of nitrogens with zero attached hydrogens (tertiary/aromatic N) is 1. The molecule has 0 bridgehead atoms. The first kappa shape index (κ1) is 14.9. The van der Waals surface area contributed by atoms with Gasteiger partial charge in [-0.2, -0.15) is 5.26 Å². The van der Waals surface area contributed by atoms with Crippen molar-refractivity contribution < 1.29 is 8.42 Å². The summed E-state index contributed by atoms with van der Waals surface area (Å²) in [7, 11) is -3.80. The lowest BCUT2D eigenvalue weighted by atomic mass is 10.1. The largest absolute Gasteiger partial charge is 0.399 e. The maximum Gasteiger partial charge on any atom is 0.262 e. The van der Waals surface area contributed by atoms with Gasteiger partial charge in [-0.15, -0.1) is 0 Å². The molecule has 108 valence electrons. The van der Waals surface area contributed by atoms with Crippen LogP contribution in [0.1, 0.15) is 16.7 Å². The van der Waals surface area contributed by atoms with E-state index in [4.69, 9.17) is 11.0 Å². The summed E-state index contributed by atoms with van der Waals surface area (Å²) in [6.45, 7) is 3.52. The lowest BCUT2D eigenvalue weighted by molar-refractivity contribution is 0.600. The number of aryl methyl sites for hydroxylation is 1. The van der Waals surface area contributed by atoms with Crippen LogP contribution in [0.15, 0.2) is 41.3 Å². The molecule has 0 radical (unpaired) electrons. The van der Waals surface area contributed by atoms with Gasteiger partial charge in [-0.05, 0) is 49.2 Å². The van der Waals surface area contributed by atoms with Gasteiger partial charge in [0.25, 0.3) is 10.0 Å². The first-order chi connectivity index (χ1) is 9.85. The average Bonchev–Trinajstić information content (AvgIpc) is 2.43. The monoisotopic (exact) mass is 301 g/mol. The van der Waals surface area contributed by atoms with Crippen molar-refractivity contribution in [3.8, 4) is 6.07 Å². The molecule has 0 unspecified atom stereocenters. The molecule has 0 aliphatic heterocycles. The Morgan fingerprint density at radius 3 is 2.52 bits per heavy atom. The summed E-state index contributed by atoms with van der Waals surface area (Å²) in [5.41, 5.74) is 8.05. The van der Waals surface area contributed by atoms with Gasteiger partial charge in [-0.25, -0.2) is 8.42 Å². The predicted molar refractivity (Wildman–Crippen MR) is 82.3 cm³/mol. The number of benzene rings is 2. The predicted octanol–water partition coefficient (Wildman–Crippen LogP) is 2.56. The van der Waals surface area contributed by atoms with Crippen LogP contribution in [0.3, 0.4) is 0 Å². The first-order valence-corrected chi connectivity index (χ1v) is 7.72. The molecule has 0 fully saturated rings. The van der Waals surface area contributed by atoms with Gasteiger partial charge in [0.1, 0.15) is 6.07 Å². The molecule has 3 N–H and O–H groups in total. The van der Waals surface area contributed by atoms with E-state index >= 15 is 0 Å². The standard InChI is InChI=1S/C15H15N3O2S/c1-10-7-13(17)8-15(11(10)2)21(19,20)18-14-6-4-3-5-12(14)9-16/h3-8,18H,17H2,1-2H3. The third-order valence-electron chi connectivity index (χ3n) is 3.22. The number of nitrogen functional groups attached to an aromatic ring is 1. The van der Waals surface area contributed by atoms with E-state index in [1.54, 1.807) is 44.2 Å². The maximum atomic E-state index is 12.5. The third-order valence-corrected chi connectivity index (χ3v) is 4.72. The minimum Gasteiger partial charge on any atom is -0.399 e. The van der Waals surface area contributed by atoms with E-state index in [9.17, 15) is 8.42 Å². The molecule has 0 aliphatic rings. The van der Waals surface area contributed by atoms with Gasteiger partial charge in [-0.1, -0.05) is 12.1 Å². The van der Waals surface area contributed by atoms with Crippen molar-refractivity contribution in [2.45, 2.75) is 18.7 Å². The van der Waals surface area contributed by atoms with E-state index in [0.29, 0.717) is 11.3 Å². The molecule has 2 rings (SSSR count). The van der Waals surface area contributed by atoms with Crippen LogP contribution in [0, 0.1) is 25.2 Å². The second-order valence-electron chi connectivity index (χ2n) is 4.72. The highest BCUT2D eigenvalue weighted by atomic mass is 32.2. The Morgan fingerprint density at radius 1 is 1.19 bits per heavy atom. The highest BCUT2D eigenvalue weighted by Gasteiger charge is 2.20. The molecule has 21 heavy (non-hydrogen) atoms. The molecule has 0 atom stereocenters. The second kappa shape index (κ2) is 5.46. The van der Waals surface area contributed by atoms with Crippen LogP contribution >= 0.6 is 0 Å². The quantitative estimate of drug-likeness (QED) is 0.851. The Bertz CT molecular complexity index is 836. The number of anilines is 2. The van der Waals surface area contributed by atoms with Gasteiger partial charge in [0.05, 0.1) is 16.1 Å². The summed E-state index contributed by atoms with van der Waals surface area (Å²) in [4.78, 5) is 0.118. The van der Waals surface area contributed by atoms with Gasteiger partial charge in [-0.3, -0.25) is 4.72 Å². The van der Waals surface area contributed by atoms with Crippen molar-refractivity contribution >= 4 is 21.4 Å². The Labute approximate surface area is 124 Å². The van der Waals surface area contributed by atoms with Crippen molar-refractivity contribution in [1.82, 2.24) is 0 Å². The van der Waals surface area contributed by atoms with Crippen LogP contribution in [0.4, 0.5) is 11.4 Å². The number of nitriles is 1. The number of nitrogens with two attached hydrogens (primary N) is 1. The number of sulfonamides is 1. The molecule has 2 aromatic rings. The fraction of sp³-hybridized carbons (Fsp3) is 0.133. The normalized spacial score (nSPS) is 10.9. The summed E-state index contributed by atoms with van der Waals surface area (Å²) in [6, 6.07) is 11.5. The minimum atomic E-state index is -3.80. The molecule has 0 aromatic heterocycles. The van der Waals surface area contributed by atoms with Crippen molar-refractivity contribution in [2.75, 3.05) is 10.5 Å². The topological polar surface area (TPSA) is 96.0 Å². The number of hydrogen-bond acceptors (Lipinski definition) is 4. The Hall–Kier alpha value is -2.52. The highest BCUT2D eigenvalue weighted by Crippen LogP contribution is 2.25. The van der Waals surface area contributed by atoms with E-state index in [1.165, 1.54) is 6.07 Å². The van der Waals surface area contributed by atoms with Crippen molar-refractivity contribution in [2.24, 2.45) is 0 Å². The Morgan fingerprint density at radius 2 is 1.86 bits per heavy atom. The highest BCUT2D eigenvalue weighted by molar-refractivity contribution is 7.92. The van der Waals surface area contributed by atoms with Crippen LogP contribution in [-0.4, -0.2) is 8.42 Å². The summed E-state index contributed by atoms with van der Waals surface area (Å²) in [6.07, 6.45) is 0. The fourth-order valence-electron chi connectivity index (χ4n) is 2.00. The fourth-order valence-corrected chi connectivity index (χ4v) is 3.44. The van der Waals surface area contributed by atoms with Crippen LogP contribution in [0.5, 0.6) is 0 Å².